The summed E-state index contributed by atoms with van der Waals surface area (Å²) in [6, 6.07) is 10.8. The molecule has 1 aromatic carbocycles. The molecule has 0 amide bonds. The van der Waals surface area contributed by atoms with E-state index in [1.807, 2.05) is 30.1 Å². The van der Waals surface area contributed by atoms with E-state index in [0.29, 0.717) is 6.04 Å². The average Bonchev–Trinajstić information content (AvgIpc) is 2.93. The Morgan fingerprint density at radius 2 is 2.00 bits per heavy atom. The Hall–Kier alpha value is -1.81. The van der Waals surface area contributed by atoms with Gasteiger partial charge in [-0.3, -0.25) is 4.68 Å². The zero-order valence-electron chi connectivity index (χ0n) is 13.2. The monoisotopic (exact) mass is 287 g/mol. The molecule has 0 aliphatic carbocycles. The Morgan fingerprint density at radius 3 is 2.57 bits per heavy atom. The molecule has 1 unspecified atom stereocenters. The van der Waals surface area contributed by atoms with Crippen LogP contribution in [0.3, 0.4) is 0 Å². The van der Waals surface area contributed by atoms with Crippen LogP contribution in [0.15, 0.2) is 36.5 Å². The zero-order chi connectivity index (χ0) is 15.1. The highest BCUT2D eigenvalue weighted by atomic mass is 16.5. The molecule has 0 aliphatic heterocycles. The number of benzene rings is 1. The smallest absolute Gasteiger partial charge is 0.118 e. The van der Waals surface area contributed by atoms with Gasteiger partial charge in [0, 0.05) is 25.0 Å². The van der Waals surface area contributed by atoms with Crippen molar-refractivity contribution in [2.24, 2.45) is 7.05 Å². The molecule has 2 rings (SSSR count). The van der Waals surface area contributed by atoms with Crippen molar-refractivity contribution < 1.29 is 4.74 Å². The van der Waals surface area contributed by atoms with E-state index in [1.165, 1.54) is 11.3 Å². The zero-order valence-corrected chi connectivity index (χ0v) is 13.2. The third kappa shape index (κ3) is 4.33. The second-order valence-electron chi connectivity index (χ2n) is 5.26. The molecule has 0 saturated heterocycles. The normalized spacial score (nSPS) is 12.3. The van der Waals surface area contributed by atoms with Crippen LogP contribution in [-0.4, -0.2) is 23.4 Å². The molecular weight excluding hydrogens is 262 g/mol. The minimum absolute atomic E-state index is 0.366. The van der Waals surface area contributed by atoms with Gasteiger partial charge in [-0.2, -0.15) is 5.10 Å². The van der Waals surface area contributed by atoms with E-state index in [0.717, 1.165) is 31.6 Å². The van der Waals surface area contributed by atoms with Gasteiger partial charge in [-0.15, -0.1) is 0 Å². The highest BCUT2D eigenvalue weighted by Gasteiger charge is 2.12. The molecule has 1 N–H and O–H groups in total. The Morgan fingerprint density at radius 1 is 1.24 bits per heavy atom. The maximum atomic E-state index is 5.23. The lowest BCUT2D eigenvalue weighted by Crippen LogP contribution is -2.23. The predicted molar refractivity (Wildman–Crippen MR) is 85.6 cm³/mol. The summed E-state index contributed by atoms with van der Waals surface area (Å²) in [5.74, 6) is 0.902. The summed E-state index contributed by atoms with van der Waals surface area (Å²) in [4.78, 5) is 0. The molecule has 21 heavy (non-hydrogen) atoms. The molecule has 4 heteroatoms. The predicted octanol–water partition coefficient (Wildman–Crippen LogP) is 3.10. The minimum atomic E-state index is 0.366. The van der Waals surface area contributed by atoms with Gasteiger partial charge in [-0.25, -0.2) is 0 Å². The van der Waals surface area contributed by atoms with Crippen molar-refractivity contribution in [3.63, 3.8) is 0 Å². The van der Waals surface area contributed by atoms with E-state index < -0.39 is 0 Å². The summed E-state index contributed by atoms with van der Waals surface area (Å²) >= 11 is 0. The topological polar surface area (TPSA) is 39.1 Å². The lowest BCUT2D eigenvalue weighted by Gasteiger charge is -2.19. The number of rotatable bonds is 8. The second-order valence-corrected chi connectivity index (χ2v) is 5.26. The highest BCUT2D eigenvalue weighted by Crippen LogP contribution is 2.22. The molecule has 0 bridgehead atoms. The molecule has 0 aliphatic rings. The van der Waals surface area contributed by atoms with Gasteiger partial charge < -0.3 is 10.1 Å². The first kappa shape index (κ1) is 15.6. The van der Waals surface area contributed by atoms with Crippen LogP contribution in [0.4, 0.5) is 0 Å². The van der Waals surface area contributed by atoms with Crippen LogP contribution >= 0.6 is 0 Å². The van der Waals surface area contributed by atoms with Gasteiger partial charge >= 0.3 is 0 Å². The lowest BCUT2D eigenvalue weighted by molar-refractivity contribution is 0.414. The number of aromatic nitrogens is 2. The van der Waals surface area contributed by atoms with Crippen LogP contribution in [0.1, 0.15) is 37.1 Å². The minimum Gasteiger partial charge on any atom is -0.497 e. The van der Waals surface area contributed by atoms with E-state index >= 15 is 0 Å². The Kier molecular flexibility index (Phi) is 5.81. The third-order valence-electron chi connectivity index (χ3n) is 3.77. The Labute approximate surface area is 127 Å². The van der Waals surface area contributed by atoms with Crippen LogP contribution in [0.25, 0.3) is 0 Å². The molecule has 114 valence electrons. The number of nitrogens with one attached hydrogen (secondary N) is 1. The molecule has 1 aromatic heterocycles. The standard InChI is InChI=1S/C17H25N3O/c1-4-12-18-17(10-7-15-11-13-19-20(15)2)14-5-8-16(21-3)9-6-14/h5-6,8-9,11,13,17-18H,4,7,10,12H2,1-3H3. The molecule has 1 heterocycles. The van der Waals surface area contributed by atoms with Crippen LogP contribution < -0.4 is 10.1 Å². The molecule has 0 fully saturated rings. The number of hydrogen-bond donors (Lipinski definition) is 1. The molecule has 0 spiro atoms. The number of hydrogen-bond acceptors (Lipinski definition) is 3. The van der Waals surface area contributed by atoms with Crippen LogP contribution in [0.2, 0.25) is 0 Å². The van der Waals surface area contributed by atoms with Gasteiger partial charge in [0.1, 0.15) is 5.75 Å². The summed E-state index contributed by atoms with van der Waals surface area (Å²) in [5, 5.41) is 7.87. The van der Waals surface area contributed by atoms with Crippen LogP contribution in [0, 0.1) is 0 Å². The van der Waals surface area contributed by atoms with Gasteiger partial charge in [0.25, 0.3) is 0 Å². The number of nitrogens with zero attached hydrogens (tertiary/aromatic N) is 2. The van der Waals surface area contributed by atoms with Gasteiger partial charge in [-0.1, -0.05) is 19.1 Å². The van der Waals surface area contributed by atoms with Crippen LogP contribution in [0.5, 0.6) is 5.75 Å². The van der Waals surface area contributed by atoms with Gasteiger partial charge in [-0.05, 0) is 49.6 Å². The fraction of sp³-hybridized carbons (Fsp3) is 0.471. The largest absolute Gasteiger partial charge is 0.497 e. The fourth-order valence-corrected chi connectivity index (χ4v) is 2.48. The van der Waals surface area contributed by atoms with Gasteiger partial charge in [0.2, 0.25) is 0 Å². The summed E-state index contributed by atoms with van der Waals surface area (Å²) in [7, 11) is 3.70. The number of methoxy groups -OCH3 is 1. The van der Waals surface area contributed by atoms with E-state index in [1.54, 1.807) is 7.11 Å². The van der Waals surface area contributed by atoms with E-state index in [-0.39, 0.29) is 0 Å². The van der Waals surface area contributed by atoms with Crippen LogP contribution in [-0.2, 0) is 13.5 Å². The van der Waals surface area contributed by atoms with Gasteiger partial charge in [0.15, 0.2) is 0 Å². The third-order valence-corrected chi connectivity index (χ3v) is 3.77. The first-order valence-corrected chi connectivity index (χ1v) is 7.58. The highest BCUT2D eigenvalue weighted by molar-refractivity contribution is 5.29. The lowest BCUT2D eigenvalue weighted by atomic mass is 10.0. The molecule has 4 nitrogen and oxygen atoms in total. The molecule has 2 aromatic rings. The molecule has 0 radical (unpaired) electrons. The second kappa shape index (κ2) is 7.84. The fourth-order valence-electron chi connectivity index (χ4n) is 2.48. The maximum Gasteiger partial charge on any atom is 0.118 e. The molecule has 1 atom stereocenters. The Bertz CT molecular complexity index is 533. The van der Waals surface area contributed by atoms with Crippen molar-refractivity contribution in [3.05, 3.63) is 47.8 Å². The van der Waals surface area contributed by atoms with E-state index in [2.05, 4.69) is 35.5 Å². The van der Waals surface area contributed by atoms with Crippen molar-refractivity contribution in [2.45, 2.75) is 32.2 Å². The van der Waals surface area contributed by atoms with Crippen molar-refractivity contribution in [1.29, 1.82) is 0 Å². The molecule has 0 saturated carbocycles. The van der Waals surface area contributed by atoms with Crippen molar-refractivity contribution in [2.75, 3.05) is 13.7 Å². The SMILES string of the molecule is CCCNC(CCc1ccnn1C)c1ccc(OC)cc1. The summed E-state index contributed by atoms with van der Waals surface area (Å²) < 4.78 is 7.18. The van der Waals surface area contributed by atoms with E-state index in [9.17, 15) is 0 Å². The summed E-state index contributed by atoms with van der Waals surface area (Å²) in [6.45, 7) is 3.22. The average molecular weight is 287 g/mol. The summed E-state index contributed by atoms with van der Waals surface area (Å²) in [6.07, 6.45) is 5.07. The first-order chi connectivity index (χ1) is 10.2. The first-order valence-electron chi connectivity index (χ1n) is 7.58. The van der Waals surface area contributed by atoms with Crippen molar-refractivity contribution in [1.82, 2.24) is 15.1 Å². The van der Waals surface area contributed by atoms with E-state index in [4.69, 9.17) is 4.74 Å². The van der Waals surface area contributed by atoms with Crippen molar-refractivity contribution in [3.8, 4) is 5.75 Å². The maximum absolute atomic E-state index is 5.23. The quantitative estimate of drug-likeness (QED) is 0.811. The number of ether oxygens (including phenoxy) is 1. The summed E-state index contributed by atoms with van der Waals surface area (Å²) in [5.41, 5.74) is 2.58. The Balaban J connectivity index is 2.04. The number of aryl methyl sites for hydroxylation is 2. The van der Waals surface area contributed by atoms with Gasteiger partial charge in [0.05, 0.1) is 7.11 Å². The molecular formula is C17H25N3O. The van der Waals surface area contributed by atoms with Crippen molar-refractivity contribution >= 4 is 0 Å².